The molecule has 2 N–H and O–H groups in total. The van der Waals surface area contributed by atoms with Crippen molar-refractivity contribution in [3.05, 3.63) is 65.7 Å². The van der Waals surface area contributed by atoms with Crippen molar-refractivity contribution in [3.8, 4) is 5.75 Å². The third-order valence-corrected chi connectivity index (χ3v) is 6.55. The quantitative estimate of drug-likeness (QED) is 0.567. The van der Waals surface area contributed by atoms with Gasteiger partial charge in [-0.15, -0.1) is 0 Å². The van der Waals surface area contributed by atoms with Crippen LogP contribution in [0.4, 0.5) is 0 Å². The van der Waals surface area contributed by atoms with Crippen molar-refractivity contribution in [1.29, 1.82) is 0 Å². The van der Waals surface area contributed by atoms with E-state index in [0.29, 0.717) is 0 Å². The number of hydrogen-bond acceptors (Lipinski definition) is 3. The van der Waals surface area contributed by atoms with Gasteiger partial charge in [-0.3, -0.25) is 4.79 Å². The summed E-state index contributed by atoms with van der Waals surface area (Å²) in [5.74, 6) is 0.419. The van der Waals surface area contributed by atoms with Crippen LogP contribution in [0.25, 0.3) is 0 Å². The maximum Gasteiger partial charge on any atom is 0.227 e. The smallest absolute Gasteiger partial charge is 0.227 e. The Kier molecular flexibility index (Phi) is 7.42. The molecule has 0 saturated heterocycles. The predicted molar refractivity (Wildman–Crippen MR) is 125 cm³/mol. The Morgan fingerprint density at radius 1 is 1.03 bits per heavy atom. The number of aliphatic hydroxyl groups is 1. The Morgan fingerprint density at radius 2 is 1.65 bits per heavy atom. The topological polar surface area (TPSA) is 58.6 Å². The molecule has 1 aliphatic carbocycles. The van der Waals surface area contributed by atoms with E-state index in [1.165, 1.54) is 32.1 Å². The molecule has 0 radical (unpaired) electrons. The van der Waals surface area contributed by atoms with E-state index < -0.39 is 11.6 Å². The van der Waals surface area contributed by atoms with Crippen LogP contribution in [0.3, 0.4) is 0 Å². The van der Waals surface area contributed by atoms with E-state index in [0.717, 1.165) is 23.5 Å². The van der Waals surface area contributed by atoms with E-state index in [-0.39, 0.29) is 17.2 Å². The van der Waals surface area contributed by atoms with Crippen molar-refractivity contribution in [2.45, 2.75) is 77.4 Å². The van der Waals surface area contributed by atoms with Gasteiger partial charge in [0.1, 0.15) is 5.75 Å². The van der Waals surface area contributed by atoms with Crippen molar-refractivity contribution in [2.24, 2.45) is 5.41 Å². The van der Waals surface area contributed by atoms with Gasteiger partial charge in [0, 0.05) is 5.41 Å². The van der Waals surface area contributed by atoms with E-state index in [2.05, 4.69) is 12.2 Å². The first-order valence-corrected chi connectivity index (χ1v) is 11.5. The summed E-state index contributed by atoms with van der Waals surface area (Å²) < 4.78 is 6.10. The number of hydrogen-bond donors (Lipinski definition) is 2. The zero-order chi connectivity index (χ0) is 22.5. The number of nitrogens with one attached hydrogen (secondary N) is 1. The van der Waals surface area contributed by atoms with Gasteiger partial charge in [-0.1, -0.05) is 68.7 Å². The van der Waals surface area contributed by atoms with E-state index in [9.17, 15) is 9.90 Å². The second kappa shape index (κ2) is 9.86. The number of carbonyl (C=O) groups excluding carboxylic acids is 1. The summed E-state index contributed by atoms with van der Waals surface area (Å²) in [5.41, 5.74) is 0.963. The molecule has 1 saturated carbocycles. The fraction of sp³-hybridized carbons (Fsp3) is 0.519. The summed E-state index contributed by atoms with van der Waals surface area (Å²) >= 11 is 0. The molecule has 31 heavy (non-hydrogen) atoms. The Balaban J connectivity index is 1.67. The lowest BCUT2D eigenvalue weighted by Crippen LogP contribution is -2.43. The van der Waals surface area contributed by atoms with Gasteiger partial charge in [-0.2, -0.15) is 0 Å². The lowest BCUT2D eigenvalue weighted by molar-refractivity contribution is -0.125. The van der Waals surface area contributed by atoms with Crippen LogP contribution in [0, 0.1) is 5.41 Å². The van der Waals surface area contributed by atoms with E-state index >= 15 is 0 Å². The highest BCUT2D eigenvalue weighted by Crippen LogP contribution is 2.36. The monoisotopic (exact) mass is 423 g/mol. The molecule has 1 fully saturated rings. The van der Waals surface area contributed by atoms with Crippen LogP contribution < -0.4 is 10.1 Å². The maximum absolute atomic E-state index is 12.9. The fourth-order valence-corrected chi connectivity index (χ4v) is 4.39. The summed E-state index contributed by atoms with van der Waals surface area (Å²) in [4.78, 5) is 12.9. The van der Waals surface area contributed by atoms with E-state index in [4.69, 9.17) is 4.74 Å². The molecule has 1 amide bonds. The number of rotatable bonds is 8. The highest BCUT2D eigenvalue weighted by atomic mass is 16.5. The van der Waals surface area contributed by atoms with Crippen LogP contribution in [0.15, 0.2) is 54.6 Å². The van der Waals surface area contributed by atoms with Crippen molar-refractivity contribution in [3.63, 3.8) is 0 Å². The largest absolute Gasteiger partial charge is 0.493 e. The van der Waals surface area contributed by atoms with Gasteiger partial charge in [0.05, 0.1) is 24.2 Å². The lowest BCUT2D eigenvalue weighted by Gasteiger charge is -2.33. The summed E-state index contributed by atoms with van der Waals surface area (Å²) in [5, 5.41) is 13.8. The summed E-state index contributed by atoms with van der Waals surface area (Å²) in [7, 11) is 0. The van der Waals surface area contributed by atoms with Gasteiger partial charge < -0.3 is 15.2 Å². The van der Waals surface area contributed by atoms with Gasteiger partial charge in [-0.25, -0.2) is 0 Å². The first-order valence-electron chi connectivity index (χ1n) is 11.5. The first kappa shape index (κ1) is 23.3. The lowest BCUT2D eigenvalue weighted by atomic mass is 9.76. The normalized spacial score (nSPS) is 18.1. The molecule has 4 heteroatoms. The van der Waals surface area contributed by atoms with Crippen LogP contribution in [0.1, 0.15) is 82.9 Å². The Bertz CT molecular complexity index is 833. The van der Waals surface area contributed by atoms with Crippen LogP contribution in [-0.2, 0) is 4.79 Å². The fourth-order valence-electron chi connectivity index (χ4n) is 4.39. The molecule has 0 unspecified atom stereocenters. The average Bonchev–Trinajstić information content (AvgIpc) is 2.76. The molecule has 2 aromatic carbocycles. The molecule has 1 aliphatic rings. The minimum Gasteiger partial charge on any atom is -0.493 e. The predicted octanol–water partition coefficient (Wildman–Crippen LogP) is 5.77. The molecular formula is C27H37NO3. The van der Waals surface area contributed by atoms with Gasteiger partial charge in [0.15, 0.2) is 0 Å². The molecule has 0 heterocycles. The molecule has 0 aliphatic heterocycles. The molecule has 0 aromatic heterocycles. The summed E-state index contributed by atoms with van der Waals surface area (Å²) in [6.07, 6.45) is 6.34. The number of benzene rings is 2. The second-order valence-corrected chi connectivity index (χ2v) is 9.96. The zero-order valence-corrected chi connectivity index (χ0v) is 19.4. The Morgan fingerprint density at radius 3 is 2.23 bits per heavy atom. The van der Waals surface area contributed by atoms with Gasteiger partial charge in [-0.05, 0) is 56.9 Å². The third kappa shape index (κ3) is 6.33. The van der Waals surface area contributed by atoms with Crippen molar-refractivity contribution in [2.75, 3.05) is 6.61 Å². The molecule has 168 valence electrons. The van der Waals surface area contributed by atoms with Crippen LogP contribution in [0.2, 0.25) is 0 Å². The summed E-state index contributed by atoms with van der Waals surface area (Å²) in [6, 6.07) is 16.9. The SMILES string of the molecule is C[C@H](C(=O)N[C@H](c1ccc(OCC2(C)CCCCC2)cc1)C(C)(C)O)c1ccccc1. The molecular weight excluding hydrogens is 386 g/mol. The van der Waals surface area contributed by atoms with Gasteiger partial charge in [0.25, 0.3) is 0 Å². The minimum absolute atomic E-state index is 0.108. The highest BCUT2D eigenvalue weighted by Gasteiger charge is 2.32. The number of amides is 1. The third-order valence-electron chi connectivity index (χ3n) is 6.55. The molecule has 4 nitrogen and oxygen atoms in total. The average molecular weight is 424 g/mol. The highest BCUT2D eigenvalue weighted by molar-refractivity contribution is 5.83. The van der Waals surface area contributed by atoms with Gasteiger partial charge >= 0.3 is 0 Å². The molecule has 2 atom stereocenters. The molecule has 3 rings (SSSR count). The summed E-state index contributed by atoms with van der Waals surface area (Å²) in [6.45, 7) is 8.37. The first-order chi connectivity index (χ1) is 14.7. The molecule has 2 aromatic rings. The van der Waals surface area contributed by atoms with Crippen LogP contribution >= 0.6 is 0 Å². The van der Waals surface area contributed by atoms with Crippen LogP contribution in [0.5, 0.6) is 5.75 Å². The second-order valence-electron chi connectivity index (χ2n) is 9.96. The van der Waals surface area contributed by atoms with Crippen molar-refractivity contribution < 1.29 is 14.6 Å². The standard InChI is InChI=1S/C27H37NO3/c1-20(21-11-7-5-8-12-21)25(29)28-24(26(2,3)30)22-13-15-23(16-14-22)31-19-27(4)17-9-6-10-18-27/h5,7-8,11-16,20,24,30H,6,9-10,17-19H2,1-4H3,(H,28,29)/t20-,24+/m0/s1. The van der Waals surface area contributed by atoms with Crippen molar-refractivity contribution >= 4 is 5.91 Å². The van der Waals surface area contributed by atoms with Crippen LogP contribution in [-0.4, -0.2) is 23.2 Å². The Hall–Kier alpha value is -2.33. The molecule has 0 spiro atoms. The maximum atomic E-state index is 12.9. The number of carbonyl (C=O) groups is 1. The molecule has 0 bridgehead atoms. The number of ether oxygens (including phenoxy) is 1. The van der Waals surface area contributed by atoms with E-state index in [1.807, 2.05) is 61.5 Å². The van der Waals surface area contributed by atoms with Crippen molar-refractivity contribution in [1.82, 2.24) is 5.32 Å². The zero-order valence-electron chi connectivity index (χ0n) is 19.4. The van der Waals surface area contributed by atoms with Gasteiger partial charge in [0.2, 0.25) is 5.91 Å². The minimum atomic E-state index is -1.11. The Labute approximate surface area is 187 Å². The van der Waals surface area contributed by atoms with E-state index in [1.54, 1.807) is 13.8 Å².